The quantitative estimate of drug-likeness (QED) is 0.535. The summed E-state index contributed by atoms with van der Waals surface area (Å²) in [6, 6.07) is 12.9. The van der Waals surface area contributed by atoms with Gasteiger partial charge >= 0.3 is 0 Å². The fraction of sp³-hybridized carbons (Fsp3) is 0.348. The van der Waals surface area contributed by atoms with E-state index in [1.165, 1.54) is 0 Å². The van der Waals surface area contributed by atoms with Gasteiger partial charge in [-0.3, -0.25) is 4.79 Å². The van der Waals surface area contributed by atoms with Crippen molar-refractivity contribution in [2.24, 2.45) is 0 Å². The SMILES string of the molecule is CNC(=O)c1c(-c2ccccc2)oc2ccc(O)c(CCNCC3CCCO3)c12. The molecule has 1 saturated heterocycles. The van der Waals surface area contributed by atoms with E-state index in [4.69, 9.17) is 9.15 Å². The molecule has 1 aliphatic heterocycles. The van der Waals surface area contributed by atoms with Gasteiger partial charge < -0.3 is 24.9 Å². The second-order valence-electron chi connectivity index (χ2n) is 7.28. The molecule has 152 valence electrons. The third kappa shape index (κ3) is 3.99. The number of rotatable bonds is 7. The zero-order valence-electron chi connectivity index (χ0n) is 16.5. The van der Waals surface area contributed by atoms with Gasteiger partial charge in [0.2, 0.25) is 0 Å². The highest BCUT2D eigenvalue weighted by Crippen LogP contribution is 2.38. The number of carbonyl (C=O) groups excluding carboxylic acids is 1. The Bertz CT molecular complexity index is 991. The number of ether oxygens (including phenoxy) is 1. The number of nitrogens with one attached hydrogen (secondary N) is 2. The molecule has 6 heteroatoms. The number of amides is 1. The summed E-state index contributed by atoms with van der Waals surface area (Å²) in [5.41, 5.74) is 2.59. The van der Waals surface area contributed by atoms with Crippen LogP contribution in [0.15, 0.2) is 46.9 Å². The van der Waals surface area contributed by atoms with Gasteiger partial charge in [0.15, 0.2) is 0 Å². The van der Waals surface area contributed by atoms with Gasteiger partial charge in [-0.1, -0.05) is 30.3 Å². The molecule has 0 aliphatic carbocycles. The van der Waals surface area contributed by atoms with Gasteiger partial charge in [0.05, 0.1) is 11.7 Å². The number of benzene rings is 2. The number of carbonyl (C=O) groups is 1. The summed E-state index contributed by atoms with van der Waals surface area (Å²) >= 11 is 0. The number of aromatic hydroxyl groups is 1. The van der Waals surface area contributed by atoms with Crippen LogP contribution in [-0.4, -0.2) is 43.9 Å². The summed E-state index contributed by atoms with van der Waals surface area (Å²) in [5.74, 6) is 0.447. The van der Waals surface area contributed by atoms with Crippen molar-refractivity contribution in [2.45, 2.75) is 25.4 Å². The van der Waals surface area contributed by atoms with Crippen molar-refractivity contribution in [1.82, 2.24) is 10.6 Å². The zero-order chi connectivity index (χ0) is 20.2. The van der Waals surface area contributed by atoms with Crippen LogP contribution in [0.2, 0.25) is 0 Å². The molecular weight excluding hydrogens is 368 g/mol. The fourth-order valence-electron chi connectivity index (χ4n) is 3.92. The predicted molar refractivity (Wildman–Crippen MR) is 112 cm³/mol. The summed E-state index contributed by atoms with van der Waals surface area (Å²) in [7, 11) is 1.60. The van der Waals surface area contributed by atoms with E-state index in [-0.39, 0.29) is 17.8 Å². The lowest BCUT2D eigenvalue weighted by Crippen LogP contribution is -2.28. The lowest BCUT2D eigenvalue weighted by molar-refractivity contribution is 0.0964. The molecule has 2 aromatic carbocycles. The van der Waals surface area contributed by atoms with Gasteiger partial charge in [0, 0.05) is 36.7 Å². The van der Waals surface area contributed by atoms with E-state index in [0.717, 1.165) is 31.6 Å². The number of furan rings is 1. The second kappa shape index (κ2) is 8.68. The Labute approximate surface area is 169 Å². The number of hydrogen-bond donors (Lipinski definition) is 3. The first-order chi connectivity index (χ1) is 14.2. The average molecular weight is 394 g/mol. The van der Waals surface area contributed by atoms with Crippen LogP contribution in [-0.2, 0) is 11.2 Å². The van der Waals surface area contributed by atoms with Crippen LogP contribution < -0.4 is 10.6 Å². The van der Waals surface area contributed by atoms with Crippen LogP contribution in [0.1, 0.15) is 28.8 Å². The van der Waals surface area contributed by atoms with E-state index < -0.39 is 0 Å². The minimum absolute atomic E-state index is 0.169. The van der Waals surface area contributed by atoms with E-state index in [9.17, 15) is 9.90 Å². The highest BCUT2D eigenvalue weighted by atomic mass is 16.5. The Morgan fingerprint density at radius 1 is 1.21 bits per heavy atom. The first-order valence-electron chi connectivity index (χ1n) is 10.1. The molecule has 1 atom stereocenters. The van der Waals surface area contributed by atoms with Crippen LogP contribution in [0.5, 0.6) is 5.75 Å². The van der Waals surface area contributed by atoms with E-state index in [1.807, 2.05) is 30.3 Å². The monoisotopic (exact) mass is 394 g/mol. The normalized spacial score (nSPS) is 16.4. The highest BCUT2D eigenvalue weighted by Gasteiger charge is 2.25. The third-order valence-electron chi connectivity index (χ3n) is 5.38. The molecule has 4 rings (SSSR count). The van der Waals surface area contributed by atoms with Crippen LogP contribution in [0, 0.1) is 0 Å². The molecule has 6 nitrogen and oxygen atoms in total. The first-order valence-corrected chi connectivity index (χ1v) is 10.1. The van der Waals surface area contributed by atoms with Gasteiger partial charge in [-0.05, 0) is 37.9 Å². The summed E-state index contributed by atoms with van der Waals surface area (Å²) < 4.78 is 11.7. The molecule has 0 radical (unpaired) electrons. The summed E-state index contributed by atoms with van der Waals surface area (Å²) in [6.07, 6.45) is 3.03. The molecule has 0 bridgehead atoms. The molecule has 29 heavy (non-hydrogen) atoms. The summed E-state index contributed by atoms with van der Waals surface area (Å²) in [6.45, 7) is 2.30. The molecule has 1 aromatic heterocycles. The number of phenols is 1. The molecule has 0 saturated carbocycles. The zero-order valence-corrected chi connectivity index (χ0v) is 16.5. The Hall–Kier alpha value is -2.83. The lowest BCUT2D eigenvalue weighted by Gasteiger charge is -2.12. The van der Waals surface area contributed by atoms with E-state index >= 15 is 0 Å². The largest absolute Gasteiger partial charge is 0.508 e. The number of phenolic OH excluding ortho intramolecular Hbond substituents is 1. The highest BCUT2D eigenvalue weighted by molar-refractivity contribution is 6.12. The molecule has 3 N–H and O–H groups in total. The Kier molecular flexibility index (Phi) is 5.83. The van der Waals surface area contributed by atoms with Gasteiger partial charge in [-0.15, -0.1) is 0 Å². The number of fused-ring (bicyclic) bond motifs is 1. The van der Waals surface area contributed by atoms with Crippen LogP contribution >= 0.6 is 0 Å². The topological polar surface area (TPSA) is 83.7 Å². The van der Waals surface area contributed by atoms with E-state index in [1.54, 1.807) is 19.2 Å². The van der Waals surface area contributed by atoms with Gasteiger partial charge in [-0.25, -0.2) is 0 Å². The smallest absolute Gasteiger partial charge is 0.255 e. The van der Waals surface area contributed by atoms with Crippen molar-refractivity contribution < 1.29 is 19.1 Å². The van der Waals surface area contributed by atoms with Crippen molar-refractivity contribution in [1.29, 1.82) is 0 Å². The van der Waals surface area contributed by atoms with E-state index in [0.29, 0.717) is 40.8 Å². The summed E-state index contributed by atoms with van der Waals surface area (Å²) in [5, 5.41) is 17.3. The van der Waals surface area contributed by atoms with E-state index in [2.05, 4.69) is 10.6 Å². The average Bonchev–Trinajstić information content (AvgIpc) is 3.40. The minimum atomic E-state index is -0.234. The predicted octanol–water partition coefficient (Wildman–Crippen LogP) is 3.48. The van der Waals surface area contributed by atoms with Crippen molar-refractivity contribution in [2.75, 3.05) is 26.7 Å². The van der Waals surface area contributed by atoms with Crippen molar-refractivity contribution >= 4 is 16.9 Å². The van der Waals surface area contributed by atoms with Crippen LogP contribution in [0.25, 0.3) is 22.3 Å². The van der Waals surface area contributed by atoms with Crippen LogP contribution in [0.4, 0.5) is 0 Å². The molecule has 3 aromatic rings. The van der Waals surface area contributed by atoms with Gasteiger partial charge in [0.25, 0.3) is 5.91 Å². The Morgan fingerprint density at radius 3 is 2.76 bits per heavy atom. The molecule has 1 fully saturated rings. The molecular formula is C23H26N2O4. The maximum Gasteiger partial charge on any atom is 0.255 e. The van der Waals surface area contributed by atoms with Crippen LogP contribution in [0.3, 0.4) is 0 Å². The third-order valence-corrected chi connectivity index (χ3v) is 5.38. The van der Waals surface area contributed by atoms with Gasteiger partial charge in [0.1, 0.15) is 17.1 Å². The standard InChI is InChI=1S/C23H26N2O4/c1-24-23(27)21-20-17(11-12-25-14-16-8-5-13-28-16)18(26)9-10-19(20)29-22(21)15-6-3-2-4-7-15/h2-4,6-7,9-10,16,25-26H,5,8,11-14H2,1H3,(H,24,27). The van der Waals surface area contributed by atoms with Crippen molar-refractivity contribution in [3.05, 3.63) is 53.6 Å². The minimum Gasteiger partial charge on any atom is -0.508 e. The second-order valence-corrected chi connectivity index (χ2v) is 7.28. The van der Waals surface area contributed by atoms with Crippen molar-refractivity contribution in [3.8, 4) is 17.1 Å². The number of hydrogen-bond acceptors (Lipinski definition) is 5. The molecule has 1 aliphatic rings. The maximum absolute atomic E-state index is 12.8. The summed E-state index contributed by atoms with van der Waals surface area (Å²) in [4.78, 5) is 12.8. The Morgan fingerprint density at radius 2 is 2.03 bits per heavy atom. The molecule has 0 spiro atoms. The van der Waals surface area contributed by atoms with Crippen molar-refractivity contribution in [3.63, 3.8) is 0 Å². The fourth-order valence-corrected chi connectivity index (χ4v) is 3.92. The maximum atomic E-state index is 12.8. The first kappa shape index (κ1) is 19.5. The Balaban J connectivity index is 1.68. The molecule has 1 unspecified atom stereocenters. The lowest BCUT2D eigenvalue weighted by atomic mass is 9.98. The molecule has 1 amide bonds. The molecule has 2 heterocycles. The van der Waals surface area contributed by atoms with Gasteiger partial charge in [-0.2, -0.15) is 0 Å².